The van der Waals surface area contributed by atoms with Gasteiger partial charge in [-0.2, -0.15) is 0 Å². The van der Waals surface area contributed by atoms with Crippen LogP contribution < -0.4 is 5.32 Å². The molecule has 0 radical (unpaired) electrons. The summed E-state index contributed by atoms with van der Waals surface area (Å²) in [5.74, 6) is 0.654. The standard InChI is InChI=1S/C16H22ClNO2/c1-16(2,6-3-7-17)11-18-15(19)12-4-5-13-9-20-10-14(13)8-12/h4-5,8H,3,6-7,9-11H2,1-2H3,(H,18,19). The van der Waals surface area contributed by atoms with E-state index in [1.54, 1.807) is 0 Å². The van der Waals surface area contributed by atoms with Crippen molar-refractivity contribution in [1.82, 2.24) is 5.32 Å². The van der Waals surface area contributed by atoms with Crippen LogP contribution in [0.2, 0.25) is 0 Å². The fourth-order valence-electron chi connectivity index (χ4n) is 2.37. The molecule has 3 nitrogen and oxygen atoms in total. The Balaban J connectivity index is 1.92. The summed E-state index contributed by atoms with van der Waals surface area (Å²) in [5, 5.41) is 3.02. The molecule has 1 aromatic rings. The summed E-state index contributed by atoms with van der Waals surface area (Å²) in [6.45, 7) is 6.23. The lowest BCUT2D eigenvalue weighted by Gasteiger charge is -2.24. The third-order valence-corrected chi connectivity index (χ3v) is 3.97. The van der Waals surface area contributed by atoms with Gasteiger partial charge in [-0.05, 0) is 41.5 Å². The second kappa shape index (κ2) is 6.59. The summed E-state index contributed by atoms with van der Waals surface area (Å²) < 4.78 is 5.36. The Hall–Kier alpha value is -1.06. The molecule has 0 spiro atoms. The summed E-state index contributed by atoms with van der Waals surface area (Å²) >= 11 is 5.72. The van der Waals surface area contributed by atoms with E-state index >= 15 is 0 Å². The molecule has 0 aliphatic carbocycles. The maximum Gasteiger partial charge on any atom is 0.251 e. The van der Waals surface area contributed by atoms with E-state index in [1.807, 2.05) is 18.2 Å². The number of rotatable bonds is 6. The average molecular weight is 296 g/mol. The monoisotopic (exact) mass is 295 g/mol. The van der Waals surface area contributed by atoms with Crippen LogP contribution in [0, 0.1) is 5.41 Å². The van der Waals surface area contributed by atoms with Crippen LogP contribution in [-0.2, 0) is 18.0 Å². The van der Waals surface area contributed by atoms with Crippen molar-refractivity contribution in [3.63, 3.8) is 0 Å². The molecule has 2 rings (SSSR count). The van der Waals surface area contributed by atoms with Crippen LogP contribution in [0.25, 0.3) is 0 Å². The lowest BCUT2D eigenvalue weighted by atomic mass is 9.88. The maximum absolute atomic E-state index is 12.2. The van der Waals surface area contributed by atoms with Gasteiger partial charge in [-0.1, -0.05) is 19.9 Å². The Bertz CT molecular complexity index is 485. The van der Waals surface area contributed by atoms with Crippen molar-refractivity contribution < 1.29 is 9.53 Å². The zero-order valence-corrected chi connectivity index (χ0v) is 12.9. The average Bonchev–Trinajstić information content (AvgIpc) is 2.90. The summed E-state index contributed by atoms with van der Waals surface area (Å²) in [5.41, 5.74) is 3.09. The van der Waals surface area contributed by atoms with Crippen LogP contribution in [0.15, 0.2) is 18.2 Å². The zero-order chi connectivity index (χ0) is 14.6. The van der Waals surface area contributed by atoms with Crippen molar-refractivity contribution in [3.05, 3.63) is 34.9 Å². The van der Waals surface area contributed by atoms with E-state index in [0.29, 0.717) is 31.2 Å². The highest BCUT2D eigenvalue weighted by atomic mass is 35.5. The predicted molar refractivity (Wildman–Crippen MR) is 81.0 cm³/mol. The first-order chi connectivity index (χ1) is 9.52. The fourth-order valence-corrected chi connectivity index (χ4v) is 2.50. The highest BCUT2D eigenvalue weighted by Crippen LogP contribution is 2.23. The second-order valence-electron chi connectivity index (χ2n) is 6.12. The van der Waals surface area contributed by atoms with Crippen LogP contribution in [-0.4, -0.2) is 18.3 Å². The van der Waals surface area contributed by atoms with Gasteiger partial charge in [0.2, 0.25) is 0 Å². The molecule has 1 aromatic carbocycles. The first kappa shape index (κ1) is 15.3. The normalized spacial score (nSPS) is 14.2. The van der Waals surface area contributed by atoms with Crippen LogP contribution in [0.4, 0.5) is 0 Å². The van der Waals surface area contributed by atoms with Crippen LogP contribution in [0.3, 0.4) is 0 Å². The van der Waals surface area contributed by atoms with Gasteiger partial charge < -0.3 is 10.1 Å². The minimum Gasteiger partial charge on any atom is -0.372 e. The lowest BCUT2D eigenvalue weighted by molar-refractivity contribution is 0.0934. The van der Waals surface area contributed by atoms with Crippen molar-refractivity contribution in [2.75, 3.05) is 12.4 Å². The topological polar surface area (TPSA) is 38.3 Å². The van der Waals surface area contributed by atoms with Gasteiger partial charge in [0.25, 0.3) is 5.91 Å². The molecule has 0 aromatic heterocycles. The molecule has 1 aliphatic heterocycles. The molecular formula is C16H22ClNO2. The van der Waals surface area contributed by atoms with Gasteiger partial charge in [0.1, 0.15) is 0 Å². The van der Waals surface area contributed by atoms with Crippen molar-refractivity contribution in [2.45, 2.75) is 39.9 Å². The Kier molecular flexibility index (Phi) is 5.06. The number of halogens is 1. The summed E-state index contributed by atoms with van der Waals surface area (Å²) in [7, 11) is 0. The third kappa shape index (κ3) is 3.97. The molecule has 1 aliphatic rings. The first-order valence-electron chi connectivity index (χ1n) is 7.05. The van der Waals surface area contributed by atoms with Gasteiger partial charge in [0.15, 0.2) is 0 Å². The van der Waals surface area contributed by atoms with Crippen LogP contribution in [0.1, 0.15) is 48.2 Å². The van der Waals surface area contributed by atoms with Crippen molar-refractivity contribution in [1.29, 1.82) is 0 Å². The largest absolute Gasteiger partial charge is 0.372 e. The van der Waals surface area contributed by atoms with Gasteiger partial charge in [-0.15, -0.1) is 11.6 Å². The molecule has 4 heteroatoms. The lowest BCUT2D eigenvalue weighted by Crippen LogP contribution is -2.34. The summed E-state index contributed by atoms with van der Waals surface area (Å²) in [6.07, 6.45) is 1.98. The molecular weight excluding hydrogens is 274 g/mol. The van der Waals surface area contributed by atoms with Crippen molar-refractivity contribution >= 4 is 17.5 Å². The van der Waals surface area contributed by atoms with E-state index < -0.39 is 0 Å². The number of nitrogens with one attached hydrogen (secondary N) is 1. The van der Waals surface area contributed by atoms with Crippen LogP contribution in [0.5, 0.6) is 0 Å². The minimum absolute atomic E-state index is 0.0151. The molecule has 0 saturated heterocycles. The number of hydrogen-bond donors (Lipinski definition) is 1. The van der Waals surface area contributed by atoms with E-state index in [2.05, 4.69) is 19.2 Å². The highest BCUT2D eigenvalue weighted by molar-refractivity contribution is 6.17. The van der Waals surface area contributed by atoms with Gasteiger partial charge in [-0.25, -0.2) is 0 Å². The maximum atomic E-state index is 12.2. The number of carbonyl (C=O) groups is 1. The Labute approximate surface area is 125 Å². The van der Waals surface area contributed by atoms with E-state index in [-0.39, 0.29) is 11.3 Å². The molecule has 0 unspecified atom stereocenters. The van der Waals surface area contributed by atoms with Gasteiger partial charge in [0, 0.05) is 18.0 Å². The van der Waals surface area contributed by atoms with Crippen molar-refractivity contribution in [2.24, 2.45) is 5.41 Å². The molecule has 0 fully saturated rings. The van der Waals surface area contributed by atoms with Gasteiger partial charge in [0.05, 0.1) is 13.2 Å². The number of amides is 1. The number of hydrogen-bond acceptors (Lipinski definition) is 2. The zero-order valence-electron chi connectivity index (χ0n) is 12.2. The van der Waals surface area contributed by atoms with E-state index in [1.165, 1.54) is 5.56 Å². The number of benzene rings is 1. The molecule has 110 valence electrons. The summed E-state index contributed by atoms with van der Waals surface area (Å²) in [6, 6.07) is 5.79. The quantitative estimate of drug-likeness (QED) is 0.816. The molecule has 1 N–H and O–H groups in total. The van der Waals surface area contributed by atoms with Gasteiger partial charge in [-0.3, -0.25) is 4.79 Å². The number of fused-ring (bicyclic) bond motifs is 1. The van der Waals surface area contributed by atoms with Crippen molar-refractivity contribution in [3.8, 4) is 0 Å². The highest BCUT2D eigenvalue weighted by Gasteiger charge is 2.19. The molecule has 1 heterocycles. The van der Waals surface area contributed by atoms with Gasteiger partial charge >= 0.3 is 0 Å². The Morgan fingerprint density at radius 2 is 2.10 bits per heavy atom. The van der Waals surface area contributed by atoms with Crippen LogP contribution >= 0.6 is 11.6 Å². The first-order valence-corrected chi connectivity index (χ1v) is 7.59. The third-order valence-electron chi connectivity index (χ3n) is 3.70. The molecule has 0 bridgehead atoms. The SMILES string of the molecule is CC(C)(CCCCl)CNC(=O)c1ccc2c(c1)COC2. The van der Waals surface area contributed by atoms with E-state index in [4.69, 9.17) is 16.3 Å². The van der Waals surface area contributed by atoms with E-state index in [0.717, 1.165) is 18.4 Å². The molecule has 0 atom stereocenters. The second-order valence-corrected chi connectivity index (χ2v) is 6.49. The Morgan fingerprint density at radius 1 is 1.35 bits per heavy atom. The fraction of sp³-hybridized carbons (Fsp3) is 0.562. The number of ether oxygens (including phenoxy) is 1. The smallest absolute Gasteiger partial charge is 0.251 e. The molecule has 20 heavy (non-hydrogen) atoms. The number of carbonyl (C=O) groups excluding carboxylic acids is 1. The molecule has 0 saturated carbocycles. The Morgan fingerprint density at radius 3 is 2.85 bits per heavy atom. The molecule has 1 amide bonds. The minimum atomic E-state index is -0.0151. The number of alkyl halides is 1. The predicted octanol–water partition coefficient (Wildman–Crippen LogP) is 3.49. The summed E-state index contributed by atoms with van der Waals surface area (Å²) in [4.78, 5) is 12.2. The van der Waals surface area contributed by atoms with E-state index in [9.17, 15) is 4.79 Å².